The second kappa shape index (κ2) is 12.0. The van der Waals surface area contributed by atoms with Gasteiger partial charge in [-0.3, -0.25) is 18.9 Å². The number of sulfonamides is 1. The molecule has 210 valence electrons. The van der Waals surface area contributed by atoms with E-state index in [4.69, 9.17) is 4.99 Å². The molecule has 0 bridgehead atoms. The van der Waals surface area contributed by atoms with E-state index in [2.05, 4.69) is 5.32 Å². The van der Waals surface area contributed by atoms with Crippen LogP contribution in [-0.2, 0) is 26.0 Å². The number of rotatable bonds is 11. The Bertz CT molecular complexity index is 1550. The van der Waals surface area contributed by atoms with Gasteiger partial charge in [0.15, 0.2) is 0 Å². The third-order valence-electron chi connectivity index (χ3n) is 6.45. The van der Waals surface area contributed by atoms with Gasteiger partial charge in [-0.15, -0.1) is 0 Å². The number of carboxylic acid groups (broad SMARTS) is 1. The quantitative estimate of drug-likeness (QED) is 0.339. The fourth-order valence-electron chi connectivity index (χ4n) is 4.67. The van der Waals surface area contributed by atoms with Crippen LogP contribution < -0.4 is 9.62 Å². The van der Waals surface area contributed by atoms with Gasteiger partial charge in [-0.1, -0.05) is 24.3 Å². The molecular formula is C29H31FN4O5S. The number of nitrogens with one attached hydrogen (secondary N) is 1. The summed E-state index contributed by atoms with van der Waals surface area (Å²) >= 11 is 0. The normalized spacial score (nSPS) is 15.2. The highest BCUT2D eigenvalue weighted by Gasteiger charge is 2.35. The molecule has 40 heavy (non-hydrogen) atoms. The SMILES string of the molecule is CN(C)CCCN(c1ccc(N=C(c2cccc(CC(=O)O)c2)C2C(=O)Nc3cc(F)ccc32)cc1)S(C)(=O)=O. The van der Waals surface area contributed by atoms with Crippen molar-refractivity contribution in [1.29, 1.82) is 0 Å². The maximum absolute atomic E-state index is 13.9. The lowest BCUT2D eigenvalue weighted by atomic mass is 9.89. The van der Waals surface area contributed by atoms with Crippen LogP contribution in [0.1, 0.15) is 29.0 Å². The number of halogens is 1. The molecule has 3 aromatic carbocycles. The van der Waals surface area contributed by atoms with Crippen molar-refractivity contribution in [2.75, 3.05) is 43.1 Å². The molecule has 3 aromatic rings. The molecule has 4 rings (SSSR count). The summed E-state index contributed by atoms with van der Waals surface area (Å²) in [6.07, 6.45) is 1.60. The Labute approximate surface area is 233 Å². The van der Waals surface area contributed by atoms with Gasteiger partial charge in [0.2, 0.25) is 15.9 Å². The van der Waals surface area contributed by atoms with E-state index in [1.807, 2.05) is 19.0 Å². The second-order valence-electron chi connectivity index (χ2n) is 9.93. The fourth-order valence-corrected chi connectivity index (χ4v) is 5.63. The number of carbonyl (C=O) groups excluding carboxylic acids is 1. The Kier molecular flexibility index (Phi) is 8.65. The van der Waals surface area contributed by atoms with Crippen molar-refractivity contribution in [2.45, 2.75) is 18.8 Å². The molecule has 0 saturated carbocycles. The number of amides is 1. The van der Waals surface area contributed by atoms with E-state index in [-0.39, 0.29) is 12.3 Å². The van der Waals surface area contributed by atoms with Crippen LogP contribution in [0.4, 0.5) is 21.5 Å². The lowest BCUT2D eigenvalue weighted by Gasteiger charge is -2.23. The molecule has 1 unspecified atom stereocenters. The number of carboxylic acids is 1. The van der Waals surface area contributed by atoms with Crippen LogP contribution in [0.2, 0.25) is 0 Å². The van der Waals surface area contributed by atoms with Crippen molar-refractivity contribution in [3.8, 4) is 0 Å². The predicted octanol–water partition coefficient (Wildman–Crippen LogP) is 4.03. The van der Waals surface area contributed by atoms with Crippen LogP contribution in [0.25, 0.3) is 0 Å². The highest BCUT2D eigenvalue weighted by Crippen LogP contribution is 2.37. The number of nitrogens with zero attached hydrogens (tertiary/aromatic N) is 3. The highest BCUT2D eigenvalue weighted by atomic mass is 32.2. The van der Waals surface area contributed by atoms with Crippen molar-refractivity contribution in [2.24, 2.45) is 4.99 Å². The molecule has 1 aliphatic rings. The summed E-state index contributed by atoms with van der Waals surface area (Å²) in [6, 6.07) is 17.5. The van der Waals surface area contributed by atoms with E-state index in [0.717, 1.165) is 12.8 Å². The third-order valence-corrected chi connectivity index (χ3v) is 7.65. The minimum absolute atomic E-state index is 0.205. The molecule has 0 radical (unpaired) electrons. The summed E-state index contributed by atoms with van der Waals surface area (Å²) < 4.78 is 40.2. The van der Waals surface area contributed by atoms with Gasteiger partial charge in [0.25, 0.3) is 0 Å². The number of carbonyl (C=O) groups is 2. The lowest BCUT2D eigenvalue weighted by Crippen LogP contribution is -2.32. The zero-order valence-electron chi connectivity index (χ0n) is 22.5. The summed E-state index contributed by atoms with van der Waals surface area (Å²) in [6.45, 7) is 1.05. The maximum atomic E-state index is 13.9. The molecule has 0 aromatic heterocycles. The largest absolute Gasteiger partial charge is 0.481 e. The predicted molar refractivity (Wildman–Crippen MR) is 154 cm³/mol. The number of anilines is 2. The van der Waals surface area contributed by atoms with E-state index in [9.17, 15) is 27.5 Å². The molecule has 1 atom stereocenters. The molecule has 0 aliphatic carbocycles. The van der Waals surface area contributed by atoms with Crippen LogP contribution in [0, 0.1) is 5.82 Å². The molecular weight excluding hydrogens is 535 g/mol. The van der Waals surface area contributed by atoms with E-state index < -0.39 is 27.7 Å². The van der Waals surface area contributed by atoms with Crippen molar-refractivity contribution >= 4 is 44.7 Å². The van der Waals surface area contributed by atoms with Crippen LogP contribution in [0.5, 0.6) is 0 Å². The topological polar surface area (TPSA) is 119 Å². The first-order valence-corrected chi connectivity index (χ1v) is 14.5. The van der Waals surface area contributed by atoms with Crippen LogP contribution >= 0.6 is 0 Å². The number of hydrogen-bond acceptors (Lipinski definition) is 6. The third kappa shape index (κ3) is 6.91. The van der Waals surface area contributed by atoms with E-state index in [1.165, 1.54) is 22.5 Å². The summed E-state index contributed by atoms with van der Waals surface area (Å²) in [7, 11) is 0.326. The van der Waals surface area contributed by atoms with Crippen LogP contribution in [-0.4, -0.2) is 69.5 Å². The van der Waals surface area contributed by atoms with Gasteiger partial charge in [-0.2, -0.15) is 0 Å². The Morgan fingerprint density at radius 1 is 1.05 bits per heavy atom. The van der Waals surface area contributed by atoms with Gasteiger partial charge in [-0.05, 0) is 86.2 Å². The first-order valence-electron chi connectivity index (χ1n) is 12.6. The first kappa shape index (κ1) is 28.9. The molecule has 0 spiro atoms. The van der Waals surface area contributed by atoms with E-state index in [1.54, 1.807) is 48.5 Å². The Morgan fingerprint density at radius 2 is 1.77 bits per heavy atom. The number of aliphatic carboxylic acids is 1. The molecule has 1 aliphatic heterocycles. The Morgan fingerprint density at radius 3 is 2.42 bits per heavy atom. The zero-order valence-corrected chi connectivity index (χ0v) is 23.3. The summed E-state index contributed by atoms with van der Waals surface area (Å²) in [5.74, 6) is -2.73. The number of benzene rings is 3. The van der Waals surface area contributed by atoms with Gasteiger partial charge in [0, 0.05) is 12.2 Å². The van der Waals surface area contributed by atoms with Gasteiger partial charge in [-0.25, -0.2) is 12.8 Å². The lowest BCUT2D eigenvalue weighted by molar-refractivity contribution is -0.136. The molecule has 1 heterocycles. The highest BCUT2D eigenvalue weighted by molar-refractivity contribution is 7.92. The van der Waals surface area contributed by atoms with E-state index >= 15 is 0 Å². The molecule has 11 heteroatoms. The monoisotopic (exact) mass is 566 g/mol. The summed E-state index contributed by atoms with van der Waals surface area (Å²) in [5.41, 5.74) is 3.29. The first-order chi connectivity index (χ1) is 18.9. The average molecular weight is 567 g/mol. The molecule has 2 N–H and O–H groups in total. The minimum atomic E-state index is -3.52. The van der Waals surface area contributed by atoms with E-state index in [0.29, 0.717) is 52.4 Å². The van der Waals surface area contributed by atoms with Crippen molar-refractivity contribution in [3.05, 3.63) is 89.2 Å². The molecule has 0 saturated heterocycles. The standard InChI is InChI=1S/C29H31FN4O5S/c1-33(2)14-5-15-34(40(3,38)39)23-11-9-22(10-12-23)31-28(20-7-4-6-19(16-20)17-26(35)36)27-24-13-8-21(30)18-25(24)32-29(27)37/h4,6-13,16,18,27H,5,14-15,17H2,1-3H3,(H,32,37)(H,35,36). The average Bonchev–Trinajstić information content (AvgIpc) is 3.19. The van der Waals surface area contributed by atoms with Gasteiger partial charge >= 0.3 is 5.97 Å². The van der Waals surface area contributed by atoms with Crippen molar-refractivity contribution in [3.63, 3.8) is 0 Å². The van der Waals surface area contributed by atoms with Crippen molar-refractivity contribution in [1.82, 2.24) is 4.90 Å². The zero-order chi connectivity index (χ0) is 29.0. The fraction of sp³-hybridized carbons (Fsp3) is 0.276. The number of hydrogen-bond donors (Lipinski definition) is 2. The maximum Gasteiger partial charge on any atom is 0.307 e. The van der Waals surface area contributed by atoms with Gasteiger partial charge in [0.05, 0.1) is 29.8 Å². The number of fused-ring (bicyclic) bond motifs is 1. The van der Waals surface area contributed by atoms with Crippen molar-refractivity contribution < 1.29 is 27.5 Å². The van der Waals surface area contributed by atoms with Gasteiger partial charge in [0.1, 0.15) is 11.7 Å². The Balaban J connectivity index is 1.76. The smallest absolute Gasteiger partial charge is 0.307 e. The van der Waals surface area contributed by atoms with Crippen LogP contribution in [0.15, 0.2) is 71.7 Å². The molecule has 1 amide bonds. The molecule has 0 fully saturated rings. The van der Waals surface area contributed by atoms with Gasteiger partial charge < -0.3 is 15.3 Å². The second-order valence-corrected chi connectivity index (χ2v) is 11.8. The summed E-state index contributed by atoms with van der Waals surface area (Å²) in [5, 5.41) is 12.0. The Hall–Kier alpha value is -4.09. The molecule has 9 nitrogen and oxygen atoms in total. The summed E-state index contributed by atoms with van der Waals surface area (Å²) in [4.78, 5) is 31.2. The van der Waals surface area contributed by atoms with Crippen LogP contribution in [0.3, 0.4) is 0 Å². The number of aliphatic imine (C=N–C) groups is 1. The minimum Gasteiger partial charge on any atom is -0.481 e.